The Bertz CT molecular complexity index is 1050. The quantitative estimate of drug-likeness (QED) is 0.679. The first-order valence-electron chi connectivity index (χ1n) is 8.64. The second kappa shape index (κ2) is 7.13. The first-order valence-corrected chi connectivity index (χ1v) is 9.01. The van der Waals surface area contributed by atoms with Gasteiger partial charge in [0.05, 0.1) is 16.3 Å². The molecule has 2 aromatic carbocycles. The number of hydrogen-bond donors (Lipinski definition) is 2. The SMILES string of the molecule is Nc1ccc(-c2nc3c(c(=O)[nH]2)CN(Cc2ccc(Cl)c(F)c2)CC3)cc1. The molecule has 2 heterocycles. The molecule has 5 nitrogen and oxygen atoms in total. The van der Waals surface area contributed by atoms with Gasteiger partial charge in [-0.3, -0.25) is 9.69 Å². The predicted molar refractivity (Wildman–Crippen MR) is 104 cm³/mol. The molecule has 1 aliphatic rings. The highest BCUT2D eigenvalue weighted by molar-refractivity contribution is 6.30. The van der Waals surface area contributed by atoms with E-state index in [9.17, 15) is 9.18 Å². The molecule has 27 heavy (non-hydrogen) atoms. The van der Waals surface area contributed by atoms with Gasteiger partial charge in [-0.1, -0.05) is 17.7 Å². The van der Waals surface area contributed by atoms with Crippen molar-refractivity contribution in [3.8, 4) is 11.4 Å². The summed E-state index contributed by atoms with van der Waals surface area (Å²) in [4.78, 5) is 22.2. The van der Waals surface area contributed by atoms with E-state index in [0.717, 1.165) is 23.4 Å². The van der Waals surface area contributed by atoms with Crippen molar-refractivity contribution in [2.75, 3.05) is 12.3 Å². The van der Waals surface area contributed by atoms with Crippen molar-refractivity contribution in [2.45, 2.75) is 19.5 Å². The molecule has 0 radical (unpaired) electrons. The third kappa shape index (κ3) is 3.72. The molecule has 0 aliphatic carbocycles. The van der Waals surface area contributed by atoms with Gasteiger partial charge in [-0.15, -0.1) is 0 Å². The van der Waals surface area contributed by atoms with Crippen LogP contribution in [0.3, 0.4) is 0 Å². The molecular weight excluding hydrogens is 367 g/mol. The van der Waals surface area contributed by atoms with Crippen LogP contribution in [-0.4, -0.2) is 21.4 Å². The summed E-state index contributed by atoms with van der Waals surface area (Å²) in [5.41, 5.74) is 9.35. The van der Waals surface area contributed by atoms with Gasteiger partial charge in [0.15, 0.2) is 0 Å². The molecule has 0 saturated carbocycles. The lowest BCUT2D eigenvalue weighted by Crippen LogP contribution is -2.35. The van der Waals surface area contributed by atoms with Crippen LogP contribution in [0.2, 0.25) is 5.02 Å². The molecule has 0 atom stereocenters. The van der Waals surface area contributed by atoms with E-state index in [4.69, 9.17) is 17.3 Å². The van der Waals surface area contributed by atoms with Crippen molar-refractivity contribution >= 4 is 17.3 Å². The van der Waals surface area contributed by atoms with E-state index >= 15 is 0 Å². The average Bonchev–Trinajstić information content (AvgIpc) is 2.66. The number of aromatic nitrogens is 2. The van der Waals surface area contributed by atoms with Gasteiger partial charge in [0.25, 0.3) is 5.56 Å². The summed E-state index contributed by atoms with van der Waals surface area (Å²) in [5.74, 6) is 0.117. The number of anilines is 1. The van der Waals surface area contributed by atoms with Crippen molar-refractivity contribution < 1.29 is 4.39 Å². The summed E-state index contributed by atoms with van der Waals surface area (Å²) in [7, 11) is 0. The molecule has 4 rings (SSSR count). The van der Waals surface area contributed by atoms with Crippen LogP contribution in [0.15, 0.2) is 47.3 Å². The summed E-state index contributed by atoms with van der Waals surface area (Å²) in [6.45, 7) is 1.77. The Labute approximate surface area is 160 Å². The highest BCUT2D eigenvalue weighted by Crippen LogP contribution is 2.22. The maximum absolute atomic E-state index is 13.6. The van der Waals surface area contributed by atoms with Crippen LogP contribution in [0.5, 0.6) is 0 Å². The smallest absolute Gasteiger partial charge is 0.255 e. The zero-order chi connectivity index (χ0) is 19.0. The molecule has 1 aromatic heterocycles. The number of hydrogen-bond acceptors (Lipinski definition) is 4. The van der Waals surface area contributed by atoms with Gasteiger partial charge < -0.3 is 10.7 Å². The van der Waals surface area contributed by atoms with Gasteiger partial charge in [-0.25, -0.2) is 9.37 Å². The van der Waals surface area contributed by atoms with Crippen LogP contribution in [-0.2, 0) is 19.5 Å². The van der Waals surface area contributed by atoms with Crippen molar-refractivity contribution in [3.63, 3.8) is 0 Å². The molecule has 0 bridgehead atoms. The van der Waals surface area contributed by atoms with Gasteiger partial charge in [-0.2, -0.15) is 0 Å². The number of benzene rings is 2. The predicted octanol–water partition coefficient (Wildman–Crippen LogP) is 3.37. The minimum Gasteiger partial charge on any atom is -0.399 e. The highest BCUT2D eigenvalue weighted by Gasteiger charge is 2.21. The largest absolute Gasteiger partial charge is 0.399 e. The number of H-pyrrole nitrogens is 1. The minimum absolute atomic E-state index is 0.110. The van der Waals surface area contributed by atoms with Gasteiger partial charge in [0, 0.05) is 37.3 Å². The van der Waals surface area contributed by atoms with Crippen molar-refractivity contribution in [1.29, 1.82) is 0 Å². The Morgan fingerprint density at radius 2 is 2.00 bits per heavy atom. The molecular formula is C20H18ClFN4O. The minimum atomic E-state index is -0.431. The van der Waals surface area contributed by atoms with Crippen LogP contribution >= 0.6 is 11.6 Å². The Hall–Kier alpha value is -2.70. The third-order valence-electron chi connectivity index (χ3n) is 4.72. The fraction of sp³-hybridized carbons (Fsp3) is 0.200. The second-order valence-electron chi connectivity index (χ2n) is 6.67. The van der Waals surface area contributed by atoms with Gasteiger partial charge in [-0.05, 0) is 42.0 Å². The fourth-order valence-electron chi connectivity index (χ4n) is 3.29. The second-order valence-corrected chi connectivity index (χ2v) is 7.08. The number of aromatic amines is 1. The zero-order valence-corrected chi connectivity index (χ0v) is 15.3. The summed E-state index contributed by atoms with van der Waals surface area (Å²) >= 11 is 5.74. The van der Waals surface area contributed by atoms with Crippen molar-refractivity contribution in [3.05, 3.63) is 80.5 Å². The molecule has 1 aliphatic heterocycles. The number of rotatable bonds is 3. The molecule has 0 fully saturated rings. The van der Waals surface area contributed by atoms with E-state index in [1.165, 1.54) is 6.07 Å². The lowest BCUT2D eigenvalue weighted by atomic mass is 10.1. The van der Waals surface area contributed by atoms with Crippen LogP contribution in [0, 0.1) is 5.82 Å². The van der Waals surface area contributed by atoms with Crippen LogP contribution in [0.25, 0.3) is 11.4 Å². The van der Waals surface area contributed by atoms with Crippen LogP contribution in [0.1, 0.15) is 16.8 Å². The summed E-state index contributed by atoms with van der Waals surface area (Å²) in [6.07, 6.45) is 0.664. The van der Waals surface area contributed by atoms with E-state index in [1.807, 2.05) is 12.1 Å². The topological polar surface area (TPSA) is 75.0 Å². The normalized spacial score (nSPS) is 14.1. The van der Waals surface area contributed by atoms with Gasteiger partial charge in [0.1, 0.15) is 11.6 Å². The number of halogens is 2. The molecule has 7 heteroatoms. The number of fused-ring (bicyclic) bond motifs is 1. The van der Waals surface area contributed by atoms with E-state index in [-0.39, 0.29) is 10.6 Å². The first-order chi connectivity index (χ1) is 13.0. The van der Waals surface area contributed by atoms with E-state index in [2.05, 4.69) is 14.9 Å². The van der Waals surface area contributed by atoms with Crippen molar-refractivity contribution in [1.82, 2.24) is 14.9 Å². The lowest BCUT2D eigenvalue weighted by Gasteiger charge is -2.27. The maximum atomic E-state index is 13.6. The van der Waals surface area contributed by atoms with E-state index in [1.54, 1.807) is 24.3 Å². The average molecular weight is 385 g/mol. The monoisotopic (exact) mass is 384 g/mol. The Balaban J connectivity index is 1.57. The lowest BCUT2D eigenvalue weighted by molar-refractivity contribution is 0.241. The number of nitrogens with zero attached hydrogens (tertiary/aromatic N) is 2. The summed E-state index contributed by atoms with van der Waals surface area (Å²) in [5, 5.41) is 0.110. The first kappa shape index (κ1) is 17.7. The van der Waals surface area contributed by atoms with Crippen LogP contribution in [0.4, 0.5) is 10.1 Å². The standard InChI is InChI=1S/C20H18ClFN4O/c21-16-6-1-12(9-17(16)22)10-26-8-7-18-15(11-26)20(27)25-19(24-18)13-2-4-14(23)5-3-13/h1-6,9H,7-8,10-11,23H2,(H,24,25,27). The number of nitrogens with one attached hydrogen (secondary N) is 1. The Morgan fingerprint density at radius 3 is 2.74 bits per heavy atom. The fourth-order valence-corrected chi connectivity index (χ4v) is 3.41. The van der Waals surface area contributed by atoms with Crippen LogP contribution < -0.4 is 11.3 Å². The molecule has 3 aromatic rings. The number of nitrogens with two attached hydrogens (primary N) is 1. The number of nitrogen functional groups attached to an aromatic ring is 1. The third-order valence-corrected chi connectivity index (χ3v) is 5.03. The zero-order valence-electron chi connectivity index (χ0n) is 14.5. The van der Waals surface area contributed by atoms with Gasteiger partial charge in [0.2, 0.25) is 0 Å². The summed E-state index contributed by atoms with van der Waals surface area (Å²) < 4.78 is 13.6. The maximum Gasteiger partial charge on any atom is 0.255 e. The molecule has 0 unspecified atom stereocenters. The van der Waals surface area contributed by atoms with Gasteiger partial charge >= 0.3 is 0 Å². The van der Waals surface area contributed by atoms with E-state index < -0.39 is 5.82 Å². The molecule has 0 saturated heterocycles. The van der Waals surface area contributed by atoms with E-state index in [0.29, 0.717) is 36.6 Å². The highest BCUT2D eigenvalue weighted by atomic mass is 35.5. The summed E-state index contributed by atoms with van der Waals surface area (Å²) in [6, 6.07) is 12.0. The Kier molecular flexibility index (Phi) is 4.68. The molecule has 0 spiro atoms. The molecule has 138 valence electrons. The molecule has 3 N–H and O–H groups in total. The molecule has 0 amide bonds. The Morgan fingerprint density at radius 1 is 1.22 bits per heavy atom. The van der Waals surface area contributed by atoms with Crippen molar-refractivity contribution in [2.24, 2.45) is 0 Å².